The second-order valence-electron chi connectivity index (χ2n) is 3.16. The van der Waals surface area contributed by atoms with E-state index in [2.05, 4.69) is 5.18 Å². The van der Waals surface area contributed by atoms with Gasteiger partial charge in [0.25, 0.3) is 0 Å². The minimum Gasteiger partial charge on any atom is -0.508 e. The zero-order valence-electron chi connectivity index (χ0n) is 8.07. The molecule has 7 heteroatoms. The summed E-state index contributed by atoms with van der Waals surface area (Å²) in [5.41, 5.74) is 5.20. The first-order valence-corrected chi connectivity index (χ1v) is 4.30. The number of phenolic OH excluding ortho intramolecular Hbond substituents is 2. The minimum atomic E-state index is -1.55. The van der Waals surface area contributed by atoms with E-state index in [0.29, 0.717) is 0 Å². The molecule has 0 bridgehead atoms. The van der Waals surface area contributed by atoms with Crippen molar-refractivity contribution in [2.24, 2.45) is 10.9 Å². The quantitative estimate of drug-likeness (QED) is 0.546. The fourth-order valence-electron chi connectivity index (χ4n) is 1.23. The van der Waals surface area contributed by atoms with E-state index in [-0.39, 0.29) is 11.3 Å². The second kappa shape index (κ2) is 4.58. The summed E-state index contributed by atoms with van der Waals surface area (Å²) in [5.74, 6) is -2.05. The van der Waals surface area contributed by atoms with Gasteiger partial charge in [0.2, 0.25) is 0 Å². The van der Waals surface area contributed by atoms with E-state index >= 15 is 0 Å². The molecule has 0 amide bonds. The van der Waals surface area contributed by atoms with Crippen LogP contribution in [0.3, 0.4) is 0 Å². The summed E-state index contributed by atoms with van der Waals surface area (Å²) in [6, 6.07) is 0.412. The third-order valence-electron chi connectivity index (χ3n) is 2.07. The zero-order chi connectivity index (χ0) is 12.3. The van der Waals surface area contributed by atoms with Crippen LogP contribution in [-0.2, 0) is 4.79 Å². The smallest absolute Gasteiger partial charge is 0.323 e. The number of hydrogen-bond acceptors (Lipinski definition) is 6. The van der Waals surface area contributed by atoms with Gasteiger partial charge in [0.15, 0.2) is 0 Å². The van der Waals surface area contributed by atoms with Gasteiger partial charge in [-0.15, -0.1) is 0 Å². The molecule has 0 aliphatic heterocycles. The summed E-state index contributed by atoms with van der Waals surface area (Å²) in [6.07, 6.45) is 0. The second-order valence-corrected chi connectivity index (χ2v) is 3.16. The average Bonchev–Trinajstić information content (AvgIpc) is 2.21. The molecule has 5 N–H and O–H groups in total. The van der Waals surface area contributed by atoms with Crippen molar-refractivity contribution in [3.05, 3.63) is 28.7 Å². The Balaban J connectivity index is 3.13. The lowest BCUT2D eigenvalue weighted by Crippen LogP contribution is -2.35. The van der Waals surface area contributed by atoms with Crippen molar-refractivity contribution in [2.45, 2.75) is 12.1 Å². The molecule has 2 atom stereocenters. The molecule has 0 aromatic heterocycles. The van der Waals surface area contributed by atoms with Gasteiger partial charge in [-0.1, -0.05) is 5.18 Å². The molecule has 0 radical (unpaired) electrons. The standard InChI is InChI=1S/C9H10N2O5/c10-7(9(14)15)8(11-16)5-2-1-4(12)3-6(5)13/h1-3,7-8,12-13H,10H2,(H,14,15). The number of nitrogens with two attached hydrogens (primary N) is 1. The van der Waals surface area contributed by atoms with Crippen LogP contribution in [0.5, 0.6) is 11.5 Å². The maximum Gasteiger partial charge on any atom is 0.323 e. The van der Waals surface area contributed by atoms with Crippen molar-refractivity contribution in [1.29, 1.82) is 0 Å². The molecular formula is C9H10N2O5. The highest BCUT2D eigenvalue weighted by atomic mass is 16.4. The molecule has 2 unspecified atom stereocenters. The molecule has 0 fully saturated rings. The van der Waals surface area contributed by atoms with E-state index in [4.69, 9.17) is 15.9 Å². The first kappa shape index (κ1) is 11.9. The molecular weight excluding hydrogens is 216 g/mol. The van der Waals surface area contributed by atoms with Crippen LogP contribution in [0.4, 0.5) is 0 Å². The van der Waals surface area contributed by atoms with Crippen molar-refractivity contribution in [3.8, 4) is 11.5 Å². The number of aromatic hydroxyl groups is 2. The third-order valence-corrected chi connectivity index (χ3v) is 2.07. The lowest BCUT2D eigenvalue weighted by atomic mass is 10.00. The van der Waals surface area contributed by atoms with Gasteiger partial charge in [0.05, 0.1) is 0 Å². The van der Waals surface area contributed by atoms with E-state index in [1.807, 2.05) is 0 Å². The Morgan fingerprint density at radius 1 is 1.38 bits per heavy atom. The zero-order valence-corrected chi connectivity index (χ0v) is 8.07. The van der Waals surface area contributed by atoms with Crippen molar-refractivity contribution in [1.82, 2.24) is 0 Å². The SMILES string of the molecule is NC(C(=O)O)C(N=O)c1ccc(O)cc1O. The Morgan fingerprint density at radius 2 is 2.00 bits per heavy atom. The van der Waals surface area contributed by atoms with Gasteiger partial charge in [0, 0.05) is 11.6 Å². The van der Waals surface area contributed by atoms with E-state index in [9.17, 15) is 14.8 Å². The van der Waals surface area contributed by atoms with Crippen molar-refractivity contribution >= 4 is 5.97 Å². The van der Waals surface area contributed by atoms with Crippen LogP contribution in [0.2, 0.25) is 0 Å². The first-order valence-electron chi connectivity index (χ1n) is 4.30. The van der Waals surface area contributed by atoms with E-state index in [1.165, 1.54) is 12.1 Å². The van der Waals surface area contributed by atoms with Crippen LogP contribution in [0.25, 0.3) is 0 Å². The van der Waals surface area contributed by atoms with Crippen molar-refractivity contribution < 1.29 is 20.1 Å². The molecule has 7 nitrogen and oxygen atoms in total. The molecule has 0 aliphatic rings. The number of aliphatic carboxylic acids is 1. The minimum absolute atomic E-state index is 0.0392. The Labute approximate surface area is 90.1 Å². The van der Waals surface area contributed by atoms with Gasteiger partial charge in [0.1, 0.15) is 23.6 Å². The maximum atomic E-state index is 10.6. The van der Waals surface area contributed by atoms with E-state index < -0.39 is 23.8 Å². The lowest BCUT2D eigenvalue weighted by molar-refractivity contribution is -0.139. The highest BCUT2D eigenvalue weighted by molar-refractivity contribution is 5.74. The van der Waals surface area contributed by atoms with Crippen LogP contribution in [-0.4, -0.2) is 27.3 Å². The Morgan fingerprint density at radius 3 is 2.44 bits per heavy atom. The monoisotopic (exact) mass is 226 g/mol. The number of nitroso groups, excluding NO2 is 1. The van der Waals surface area contributed by atoms with Gasteiger partial charge in [-0.2, -0.15) is 4.91 Å². The van der Waals surface area contributed by atoms with Crippen LogP contribution >= 0.6 is 0 Å². The predicted molar refractivity (Wildman–Crippen MR) is 53.9 cm³/mol. The van der Waals surface area contributed by atoms with Crippen LogP contribution < -0.4 is 5.73 Å². The largest absolute Gasteiger partial charge is 0.508 e. The number of phenols is 2. The summed E-state index contributed by atoms with van der Waals surface area (Å²) in [5, 5.41) is 29.6. The summed E-state index contributed by atoms with van der Waals surface area (Å²) >= 11 is 0. The van der Waals surface area contributed by atoms with Crippen molar-refractivity contribution in [3.63, 3.8) is 0 Å². The molecule has 1 aromatic carbocycles. The number of benzene rings is 1. The molecule has 0 saturated carbocycles. The average molecular weight is 226 g/mol. The van der Waals surface area contributed by atoms with Crippen LogP contribution in [0, 0.1) is 4.91 Å². The number of hydrogen-bond donors (Lipinski definition) is 4. The molecule has 0 aliphatic carbocycles. The molecule has 1 rings (SSSR count). The Bertz CT molecular complexity index is 420. The van der Waals surface area contributed by atoms with Gasteiger partial charge in [-0.25, -0.2) is 0 Å². The molecule has 1 aromatic rings. The predicted octanol–water partition coefficient (Wildman–Crippen LogP) is 0.317. The summed E-state index contributed by atoms with van der Waals surface area (Å²) in [7, 11) is 0. The molecule has 16 heavy (non-hydrogen) atoms. The Kier molecular flexibility index (Phi) is 3.41. The summed E-state index contributed by atoms with van der Waals surface area (Å²) in [4.78, 5) is 21.1. The summed E-state index contributed by atoms with van der Waals surface area (Å²) < 4.78 is 0. The number of carboxylic acids is 1. The van der Waals surface area contributed by atoms with E-state index in [1.54, 1.807) is 0 Å². The first-order chi connectivity index (χ1) is 7.47. The normalized spacial score (nSPS) is 14.1. The third kappa shape index (κ3) is 2.26. The highest BCUT2D eigenvalue weighted by Crippen LogP contribution is 2.31. The van der Waals surface area contributed by atoms with Gasteiger partial charge >= 0.3 is 5.97 Å². The highest BCUT2D eigenvalue weighted by Gasteiger charge is 2.29. The van der Waals surface area contributed by atoms with E-state index in [0.717, 1.165) is 6.07 Å². The topological polar surface area (TPSA) is 133 Å². The number of carbonyl (C=O) groups is 1. The molecule has 86 valence electrons. The van der Waals surface area contributed by atoms with Crippen molar-refractivity contribution in [2.75, 3.05) is 0 Å². The fourth-order valence-corrected chi connectivity index (χ4v) is 1.23. The fraction of sp³-hybridized carbons (Fsp3) is 0.222. The number of carboxylic acid groups (broad SMARTS) is 1. The van der Waals surface area contributed by atoms with Crippen LogP contribution in [0.15, 0.2) is 23.4 Å². The number of rotatable bonds is 4. The van der Waals surface area contributed by atoms with Gasteiger partial charge < -0.3 is 21.1 Å². The maximum absolute atomic E-state index is 10.6. The van der Waals surface area contributed by atoms with Gasteiger partial charge in [-0.05, 0) is 12.1 Å². The van der Waals surface area contributed by atoms with Gasteiger partial charge in [-0.3, -0.25) is 4.79 Å². The molecule has 0 saturated heterocycles. The lowest BCUT2D eigenvalue weighted by Gasteiger charge is -2.14. The Hall–Kier alpha value is -2.15. The van der Waals surface area contributed by atoms with Crippen LogP contribution in [0.1, 0.15) is 11.6 Å². The molecule has 0 spiro atoms. The summed E-state index contributed by atoms with van der Waals surface area (Å²) in [6.45, 7) is 0. The molecule has 0 heterocycles. The number of nitrogens with zero attached hydrogens (tertiary/aromatic N) is 1.